The zero-order chi connectivity index (χ0) is 16.4. The molecule has 0 spiro atoms. The van der Waals surface area contributed by atoms with Crippen molar-refractivity contribution in [3.8, 4) is 0 Å². The summed E-state index contributed by atoms with van der Waals surface area (Å²) in [5.41, 5.74) is 1.08. The van der Waals surface area contributed by atoms with Gasteiger partial charge in [-0.15, -0.1) is 0 Å². The smallest absolute Gasteiger partial charge is 0.246 e. The van der Waals surface area contributed by atoms with Crippen LogP contribution in [0.4, 0.5) is 0 Å². The third-order valence-electron chi connectivity index (χ3n) is 4.42. The Kier molecular flexibility index (Phi) is 4.44. The highest BCUT2D eigenvalue weighted by Gasteiger charge is 2.30. The molecule has 1 aliphatic carbocycles. The molecule has 0 unspecified atom stereocenters. The monoisotopic (exact) mass is 344 g/mol. The maximum atomic E-state index is 12.2. The van der Waals surface area contributed by atoms with Crippen LogP contribution in [-0.4, -0.2) is 52.0 Å². The van der Waals surface area contributed by atoms with Gasteiger partial charge in [-0.2, -0.15) is 16.3 Å². The third kappa shape index (κ3) is 3.73. The Morgan fingerprint density at radius 3 is 2.88 bits per heavy atom. The van der Waals surface area contributed by atoms with E-state index in [9.17, 15) is 4.79 Å². The van der Waals surface area contributed by atoms with Crippen LogP contribution in [-0.2, 0) is 11.3 Å². The molecule has 0 aromatic carbocycles. The van der Waals surface area contributed by atoms with Gasteiger partial charge in [-0.3, -0.25) is 9.69 Å². The van der Waals surface area contributed by atoms with E-state index in [4.69, 9.17) is 4.52 Å². The normalized spacial score (nSPS) is 19.2. The highest BCUT2D eigenvalue weighted by Crippen LogP contribution is 2.38. The third-order valence-corrected chi connectivity index (χ3v) is 5.12. The van der Waals surface area contributed by atoms with E-state index in [0.29, 0.717) is 12.5 Å². The van der Waals surface area contributed by atoms with E-state index in [2.05, 4.69) is 15.0 Å². The summed E-state index contributed by atoms with van der Waals surface area (Å²) in [4.78, 5) is 20.9. The summed E-state index contributed by atoms with van der Waals surface area (Å²) < 4.78 is 5.30. The zero-order valence-corrected chi connectivity index (χ0v) is 14.2. The van der Waals surface area contributed by atoms with Gasteiger partial charge in [-0.25, -0.2) is 0 Å². The average molecular weight is 344 g/mol. The maximum Gasteiger partial charge on any atom is 0.246 e. The van der Waals surface area contributed by atoms with Gasteiger partial charge in [-0.1, -0.05) is 5.16 Å². The van der Waals surface area contributed by atoms with Crippen molar-refractivity contribution in [2.75, 3.05) is 26.2 Å². The van der Waals surface area contributed by atoms with Gasteiger partial charge in [0.05, 0.1) is 6.54 Å². The summed E-state index contributed by atoms with van der Waals surface area (Å²) >= 11 is 1.63. The predicted octanol–water partition coefficient (Wildman–Crippen LogP) is 2.37. The number of piperazine rings is 1. The van der Waals surface area contributed by atoms with Crippen molar-refractivity contribution in [2.45, 2.75) is 25.3 Å². The van der Waals surface area contributed by atoms with E-state index >= 15 is 0 Å². The van der Waals surface area contributed by atoms with Crippen molar-refractivity contribution in [1.29, 1.82) is 0 Å². The van der Waals surface area contributed by atoms with Crippen LogP contribution in [0.25, 0.3) is 6.08 Å². The number of hydrogen-bond acceptors (Lipinski definition) is 6. The molecule has 126 valence electrons. The molecular weight excluding hydrogens is 324 g/mol. The first-order valence-corrected chi connectivity index (χ1v) is 9.26. The Balaban J connectivity index is 1.25. The number of aromatic nitrogens is 2. The maximum absolute atomic E-state index is 12.2. The largest absolute Gasteiger partial charge is 0.339 e. The highest BCUT2D eigenvalue weighted by atomic mass is 32.1. The first-order valence-electron chi connectivity index (χ1n) is 8.32. The predicted molar refractivity (Wildman–Crippen MR) is 91.5 cm³/mol. The van der Waals surface area contributed by atoms with Gasteiger partial charge < -0.3 is 9.42 Å². The number of carbonyl (C=O) groups is 1. The molecule has 2 aromatic rings. The van der Waals surface area contributed by atoms with Gasteiger partial charge in [0.2, 0.25) is 11.8 Å². The fraction of sp³-hybridized carbons (Fsp3) is 0.471. The van der Waals surface area contributed by atoms with Crippen LogP contribution in [0.15, 0.2) is 27.4 Å². The topological polar surface area (TPSA) is 62.5 Å². The Hall–Kier alpha value is -1.99. The number of thiophene rings is 1. The van der Waals surface area contributed by atoms with Gasteiger partial charge in [0.25, 0.3) is 0 Å². The molecule has 24 heavy (non-hydrogen) atoms. The molecule has 0 bridgehead atoms. The summed E-state index contributed by atoms with van der Waals surface area (Å²) in [6.07, 6.45) is 5.88. The zero-order valence-electron chi connectivity index (χ0n) is 13.4. The molecule has 0 N–H and O–H groups in total. The minimum atomic E-state index is 0.0800. The lowest BCUT2D eigenvalue weighted by Crippen LogP contribution is -2.47. The van der Waals surface area contributed by atoms with Crippen LogP contribution < -0.4 is 0 Å². The van der Waals surface area contributed by atoms with Gasteiger partial charge >= 0.3 is 0 Å². The van der Waals surface area contributed by atoms with E-state index in [1.54, 1.807) is 17.4 Å². The van der Waals surface area contributed by atoms with Crippen LogP contribution in [0.5, 0.6) is 0 Å². The molecule has 2 aromatic heterocycles. The molecule has 0 atom stereocenters. The molecule has 2 aliphatic rings. The first-order chi connectivity index (χ1) is 11.8. The summed E-state index contributed by atoms with van der Waals surface area (Å²) in [5, 5.41) is 8.10. The van der Waals surface area contributed by atoms with Crippen molar-refractivity contribution in [2.24, 2.45) is 0 Å². The number of hydrogen-bond donors (Lipinski definition) is 0. The molecule has 1 saturated heterocycles. The van der Waals surface area contributed by atoms with Crippen LogP contribution >= 0.6 is 11.3 Å². The second kappa shape index (κ2) is 6.86. The fourth-order valence-corrected chi connectivity index (χ4v) is 3.43. The average Bonchev–Trinajstić information content (AvgIpc) is 3.13. The molecule has 4 rings (SSSR count). The Morgan fingerprint density at radius 2 is 2.17 bits per heavy atom. The lowest BCUT2D eigenvalue weighted by atomic mass is 10.2. The van der Waals surface area contributed by atoms with E-state index < -0.39 is 0 Å². The SMILES string of the molecule is O=C(/C=C\c1ccsc1)N1CCN(Cc2noc(C3CC3)n2)CC1. The lowest BCUT2D eigenvalue weighted by molar-refractivity contribution is -0.127. The highest BCUT2D eigenvalue weighted by molar-refractivity contribution is 7.08. The molecule has 1 saturated carbocycles. The van der Waals surface area contributed by atoms with Crippen molar-refractivity contribution >= 4 is 23.3 Å². The van der Waals surface area contributed by atoms with E-state index in [0.717, 1.165) is 43.5 Å². The molecular formula is C17H20N4O2S. The minimum absolute atomic E-state index is 0.0800. The lowest BCUT2D eigenvalue weighted by Gasteiger charge is -2.33. The van der Waals surface area contributed by atoms with Gasteiger partial charge in [0.15, 0.2) is 5.82 Å². The van der Waals surface area contributed by atoms with Crippen molar-refractivity contribution in [3.05, 3.63) is 40.2 Å². The second-order valence-corrected chi connectivity index (χ2v) is 7.09. The summed E-state index contributed by atoms with van der Waals surface area (Å²) in [6.45, 7) is 3.85. The number of amides is 1. The van der Waals surface area contributed by atoms with Crippen molar-refractivity contribution in [3.63, 3.8) is 0 Å². The Labute approximate surface area is 144 Å². The standard InChI is InChI=1S/C17H20N4O2S/c22-16(4-1-13-5-10-24-12-13)21-8-6-20(7-9-21)11-15-18-17(23-19-15)14-2-3-14/h1,4-5,10,12,14H,2-3,6-9,11H2/b4-1-. The first kappa shape index (κ1) is 15.5. The van der Waals surface area contributed by atoms with Crippen LogP contribution in [0.2, 0.25) is 0 Å². The molecule has 1 amide bonds. The Bertz CT molecular complexity index is 713. The Morgan fingerprint density at radius 1 is 1.33 bits per heavy atom. The van der Waals surface area contributed by atoms with Crippen molar-refractivity contribution < 1.29 is 9.32 Å². The van der Waals surface area contributed by atoms with Gasteiger partial charge in [-0.05, 0) is 41.3 Å². The summed E-state index contributed by atoms with van der Waals surface area (Å²) in [5.74, 6) is 2.12. The molecule has 3 heterocycles. The summed E-state index contributed by atoms with van der Waals surface area (Å²) in [7, 11) is 0. The molecule has 2 fully saturated rings. The van der Waals surface area contributed by atoms with Crippen LogP contribution in [0, 0.1) is 0 Å². The van der Waals surface area contributed by atoms with E-state index in [1.165, 1.54) is 12.8 Å². The van der Waals surface area contributed by atoms with Crippen LogP contribution in [0.1, 0.15) is 36.0 Å². The van der Waals surface area contributed by atoms with Gasteiger partial charge in [0, 0.05) is 38.2 Å². The van der Waals surface area contributed by atoms with Crippen molar-refractivity contribution in [1.82, 2.24) is 19.9 Å². The molecule has 0 radical (unpaired) electrons. The molecule has 1 aliphatic heterocycles. The van der Waals surface area contributed by atoms with Gasteiger partial charge in [0.1, 0.15) is 0 Å². The number of carbonyl (C=O) groups excluding carboxylic acids is 1. The number of rotatable bonds is 5. The number of nitrogens with zero attached hydrogens (tertiary/aromatic N) is 4. The minimum Gasteiger partial charge on any atom is -0.339 e. The molecule has 6 nitrogen and oxygen atoms in total. The van der Waals surface area contributed by atoms with E-state index in [1.807, 2.05) is 27.8 Å². The van der Waals surface area contributed by atoms with Crippen LogP contribution in [0.3, 0.4) is 0 Å². The second-order valence-electron chi connectivity index (χ2n) is 6.31. The fourth-order valence-electron chi connectivity index (χ4n) is 2.80. The quantitative estimate of drug-likeness (QED) is 0.779. The van der Waals surface area contributed by atoms with E-state index in [-0.39, 0.29) is 5.91 Å². The molecule has 7 heteroatoms. The summed E-state index contributed by atoms with van der Waals surface area (Å²) in [6, 6.07) is 2.01.